The third-order valence-corrected chi connectivity index (χ3v) is 6.63. The number of carboxylic acid groups (broad SMARTS) is 1. The first-order valence-electron chi connectivity index (χ1n) is 12.2. The van der Waals surface area contributed by atoms with Crippen molar-refractivity contribution in [2.24, 2.45) is 5.41 Å². The van der Waals surface area contributed by atoms with E-state index < -0.39 is 11.8 Å². The maximum Gasteiger partial charge on any atom is 0.303 e. The van der Waals surface area contributed by atoms with Gasteiger partial charge in [-0.3, -0.25) is 9.36 Å². The second-order valence-electron chi connectivity index (χ2n) is 10.2. The van der Waals surface area contributed by atoms with Gasteiger partial charge in [-0.05, 0) is 61.2 Å². The van der Waals surface area contributed by atoms with Crippen LogP contribution in [0.2, 0.25) is 10.0 Å². The van der Waals surface area contributed by atoms with Gasteiger partial charge in [-0.2, -0.15) is 4.98 Å². The molecule has 2 aromatic carbocycles. The molecular formula is C27H29Cl2FN4O4. The number of aromatic nitrogens is 3. The number of hydrogen-bond acceptors (Lipinski definition) is 6. The lowest BCUT2D eigenvalue weighted by Crippen LogP contribution is -2.29. The molecule has 0 radical (unpaired) electrons. The van der Waals surface area contributed by atoms with E-state index in [4.69, 9.17) is 37.6 Å². The number of carbonyl (C=O) groups is 1. The van der Waals surface area contributed by atoms with Crippen LogP contribution in [0.25, 0.3) is 28.3 Å². The van der Waals surface area contributed by atoms with E-state index in [9.17, 15) is 4.79 Å². The zero-order valence-electron chi connectivity index (χ0n) is 21.5. The molecule has 0 unspecified atom stereocenters. The summed E-state index contributed by atoms with van der Waals surface area (Å²) in [5.74, 6) is -0.261. The number of aliphatic carboxylic acids is 1. The monoisotopic (exact) mass is 562 g/mol. The lowest BCUT2D eigenvalue weighted by molar-refractivity contribution is -0.137. The molecule has 4 rings (SSSR count). The maximum absolute atomic E-state index is 15.1. The highest BCUT2D eigenvalue weighted by Gasteiger charge is 2.21. The molecule has 0 atom stereocenters. The van der Waals surface area contributed by atoms with Crippen LogP contribution in [0.3, 0.4) is 0 Å². The van der Waals surface area contributed by atoms with Crippen molar-refractivity contribution in [2.75, 3.05) is 6.54 Å². The number of carboxylic acids is 1. The van der Waals surface area contributed by atoms with Gasteiger partial charge < -0.3 is 19.7 Å². The molecule has 11 heteroatoms. The van der Waals surface area contributed by atoms with Crippen molar-refractivity contribution in [1.29, 1.82) is 0 Å². The highest BCUT2D eigenvalue weighted by Crippen LogP contribution is 2.33. The average molecular weight is 563 g/mol. The number of ether oxygens (including phenoxy) is 1. The molecule has 2 N–H and O–H groups in total. The van der Waals surface area contributed by atoms with Crippen LogP contribution < -0.4 is 10.1 Å². The largest absolute Gasteiger partial charge is 0.489 e. The lowest BCUT2D eigenvalue weighted by atomic mass is 9.87. The second-order valence-corrected chi connectivity index (χ2v) is 11.0. The first-order valence-corrected chi connectivity index (χ1v) is 12.9. The fourth-order valence-corrected chi connectivity index (χ4v) is 4.51. The molecule has 0 aliphatic heterocycles. The van der Waals surface area contributed by atoms with E-state index in [2.05, 4.69) is 15.5 Å². The zero-order chi connectivity index (χ0) is 27.6. The molecule has 0 amide bonds. The van der Waals surface area contributed by atoms with E-state index in [1.807, 2.05) is 27.7 Å². The fourth-order valence-electron chi connectivity index (χ4n) is 4.04. The molecular weight excluding hydrogens is 534 g/mol. The number of fused-ring (bicyclic) bond motifs is 1. The molecule has 2 aromatic heterocycles. The zero-order valence-corrected chi connectivity index (χ0v) is 23.0. The van der Waals surface area contributed by atoms with E-state index in [1.54, 1.807) is 35.0 Å². The summed E-state index contributed by atoms with van der Waals surface area (Å²) >= 11 is 12.8. The summed E-state index contributed by atoms with van der Waals surface area (Å²) < 4.78 is 27.8. The summed E-state index contributed by atoms with van der Waals surface area (Å²) in [5.41, 5.74) is 1.29. The minimum absolute atomic E-state index is 0.0209. The van der Waals surface area contributed by atoms with E-state index in [1.165, 1.54) is 6.07 Å². The van der Waals surface area contributed by atoms with E-state index in [0.717, 1.165) is 0 Å². The lowest BCUT2D eigenvalue weighted by Gasteiger charge is -2.24. The molecule has 4 aromatic rings. The van der Waals surface area contributed by atoms with Gasteiger partial charge in [-0.1, -0.05) is 37.0 Å². The van der Waals surface area contributed by atoms with Crippen molar-refractivity contribution in [1.82, 2.24) is 20.0 Å². The summed E-state index contributed by atoms with van der Waals surface area (Å²) in [4.78, 5) is 15.3. The normalized spacial score (nSPS) is 12.0. The molecule has 0 spiro atoms. The minimum atomic E-state index is -0.833. The number of hydrogen-bond donors (Lipinski definition) is 2. The van der Waals surface area contributed by atoms with Crippen LogP contribution in [0.5, 0.6) is 5.75 Å². The number of rotatable bonds is 11. The number of halogens is 3. The Balaban J connectivity index is 1.54. The molecule has 38 heavy (non-hydrogen) atoms. The van der Waals surface area contributed by atoms with Crippen molar-refractivity contribution in [2.45, 2.75) is 53.2 Å². The summed E-state index contributed by atoms with van der Waals surface area (Å²) in [6, 6.07) is 8.26. The first kappa shape index (κ1) is 27.9. The average Bonchev–Trinajstić information content (AvgIpc) is 3.44. The highest BCUT2D eigenvalue weighted by atomic mass is 35.5. The minimum Gasteiger partial charge on any atom is -0.489 e. The maximum atomic E-state index is 15.1. The van der Waals surface area contributed by atoms with Gasteiger partial charge in [0.15, 0.2) is 0 Å². The topological polar surface area (TPSA) is 102 Å². The number of nitrogens with zero attached hydrogens (tertiary/aromatic N) is 3. The Kier molecular flexibility index (Phi) is 8.30. The van der Waals surface area contributed by atoms with Gasteiger partial charge in [0.05, 0.1) is 21.7 Å². The molecule has 0 saturated carbocycles. The standard InChI is InChI=1S/C27H29Cl2FN4O4/c1-15(2)37-23-6-5-16(10-19(23)28)25-32-26(33-38-25)34-13-20(29)18-9-17(21(30)11-22(18)34)12-31-14-27(3,4)8-7-24(35)36/h5-6,9-11,13,15,31H,7-8,12,14H2,1-4H3,(H,35,36). The van der Waals surface area contributed by atoms with Gasteiger partial charge in [-0.25, -0.2) is 4.39 Å². The summed E-state index contributed by atoms with van der Waals surface area (Å²) in [5, 5.41) is 17.7. The molecule has 0 aliphatic carbocycles. The summed E-state index contributed by atoms with van der Waals surface area (Å²) in [6.07, 6.45) is 2.19. The van der Waals surface area contributed by atoms with Crippen LogP contribution >= 0.6 is 23.2 Å². The van der Waals surface area contributed by atoms with Gasteiger partial charge in [0.1, 0.15) is 11.6 Å². The van der Waals surface area contributed by atoms with Gasteiger partial charge >= 0.3 is 5.97 Å². The first-order chi connectivity index (χ1) is 17.9. The Morgan fingerprint density at radius 2 is 2.00 bits per heavy atom. The quantitative estimate of drug-likeness (QED) is 0.205. The Labute approximate surface area is 229 Å². The van der Waals surface area contributed by atoms with Crippen LogP contribution in [-0.4, -0.2) is 38.4 Å². The van der Waals surface area contributed by atoms with E-state index in [0.29, 0.717) is 50.8 Å². The van der Waals surface area contributed by atoms with E-state index >= 15 is 4.39 Å². The van der Waals surface area contributed by atoms with Crippen molar-refractivity contribution in [3.05, 3.63) is 58.0 Å². The van der Waals surface area contributed by atoms with Crippen LogP contribution in [0.15, 0.2) is 41.1 Å². The molecule has 8 nitrogen and oxygen atoms in total. The molecule has 2 heterocycles. The fraction of sp³-hybridized carbons (Fsp3) is 0.370. The number of nitrogens with one attached hydrogen (secondary N) is 1. The van der Waals surface area contributed by atoms with Crippen LogP contribution in [0, 0.1) is 11.2 Å². The molecule has 0 bridgehead atoms. The second kappa shape index (κ2) is 11.3. The summed E-state index contributed by atoms with van der Waals surface area (Å²) in [7, 11) is 0. The third kappa shape index (κ3) is 6.46. The number of benzene rings is 2. The Morgan fingerprint density at radius 3 is 2.68 bits per heavy atom. The predicted molar refractivity (Wildman–Crippen MR) is 145 cm³/mol. The van der Waals surface area contributed by atoms with Gasteiger partial charge in [0.25, 0.3) is 11.8 Å². The van der Waals surface area contributed by atoms with Gasteiger partial charge in [0.2, 0.25) is 0 Å². The van der Waals surface area contributed by atoms with Crippen LogP contribution in [-0.2, 0) is 11.3 Å². The SMILES string of the molecule is CC(C)Oc1ccc(-c2nc(-n3cc(Cl)c4cc(CNCC(C)(C)CCC(=O)O)c(F)cc43)no2)cc1Cl. The van der Waals surface area contributed by atoms with Gasteiger partial charge in [0, 0.05) is 42.2 Å². The Hall–Kier alpha value is -3.14. The van der Waals surface area contributed by atoms with E-state index in [-0.39, 0.29) is 36.3 Å². The molecule has 0 aliphatic rings. The predicted octanol–water partition coefficient (Wildman–Crippen LogP) is 6.89. The summed E-state index contributed by atoms with van der Waals surface area (Å²) in [6.45, 7) is 8.57. The Morgan fingerprint density at radius 1 is 1.24 bits per heavy atom. The Bertz CT molecular complexity index is 1470. The molecule has 0 fully saturated rings. The van der Waals surface area contributed by atoms with Crippen LogP contribution in [0.1, 0.15) is 46.1 Å². The third-order valence-electron chi connectivity index (χ3n) is 6.03. The highest BCUT2D eigenvalue weighted by molar-refractivity contribution is 6.35. The van der Waals surface area contributed by atoms with Gasteiger partial charge in [-0.15, -0.1) is 0 Å². The molecule has 0 saturated heterocycles. The molecule has 202 valence electrons. The van der Waals surface area contributed by atoms with Crippen molar-refractivity contribution in [3.8, 4) is 23.2 Å². The van der Waals surface area contributed by atoms with Crippen molar-refractivity contribution in [3.63, 3.8) is 0 Å². The smallest absolute Gasteiger partial charge is 0.303 e. The van der Waals surface area contributed by atoms with Crippen LogP contribution in [0.4, 0.5) is 4.39 Å². The van der Waals surface area contributed by atoms with Crippen molar-refractivity contribution < 1.29 is 23.6 Å². The van der Waals surface area contributed by atoms with Crippen molar-refractivity contribution >= 4 is 40.1 Å².